The van der Waals surface area contributed by atoms with Crippen LogP contribution in [0.2, 0.25) is 5.02 Å². The van der Waals surface area contributed by atoms with Crippen molar-refractivity contribution < 1.29 is 14.3 Å². The fraction of sp³-hybridized carbons (Fsp3) is 0.306. The monoisotopic (exact) mass is 714 g/mol. The van der Waals surface area contributed by atoms with E-state index in [1.807, 2.05) is 42.5 Å². The maximum atomic E-state index is 13.3. The molecule has 0 unspecified atom stereocenters. The Kier molecular flexibility index (Phi) is 10.6. The molecule has 4 aromatic rings. The second-order valence-electron chi connectivity index (χ2n) is 11.8. The standard InChI is InChI=1S/C36H36BrClN6O3/c1-44-16-12-28(13-17-44)47-32-9-7-29-34(42-27-6-8-31(30(38)19-27)46-22-24-2-4-26(37)5-3-24)25(20-39)21-41-35(29)36(32)43-33(45)18-23-10-14-40-15-11-23/h2-9,18-19,21,28,40H,10-17,22H2,1H3,(H,41,42)(H,43,45). The van der Waals surface area contributed by atoms with Crippen molar-refractivity contribution in [1.82, 2.24) is 15.2 Å². The van der Waals surface area contributed by atoms with Gasteiger partial charge in [0.1, 0.15) is 36.0 Å². The summed E-state index contributed by atoms with van der Waals surface area (Å²) in [5, 5.41) is 20.9. The Morgan fingerprint density at radius 1 is 1.11 bits per heavy atom. The molecule has 0 bridgehead atoms. The molecule has 2 aliphatic rings. The minimum Gasteiger partial charge on any atom is -0.488 e. The van der Waals surface area contributed by atoms with E-state index in [4.69, 9.17) is 21.1 Å². The molecule has 242 valence electrons. The lowest BCUT2D eigenvalue weighted by Crippen LogP contribution is -2.35. The van der Waals surface area contributed by atoms with Crippen LogP contribution in [-0.4, -0.2) is 55.1 Å². The number of aromatic nitrogens is 1. The zero-order chi connectivity index (χ0) is 32.8. The summed E-state index contributed by atoms with van der Waals surface area (Å²) < 4.78 is 13.5. The summed E-state index contributed by atoms with van der Waals surface area (Å²) in [6.45, 7) is 3.96. The zero-order valence-corrected chi connectivity index (χ0v) is 28.5. The van der Waals surface area contributed by atoms with Gasteiger partial charge in [0.25, 0.3) is 0 Å². The van der Waals surface area contributed by atoms with Crippen LogP contribution < -0.4 is 25.4 Å². The highest BCUT2D eigenvalue weighted by Gasteiger charge is 2.23. The third-order valence-corrected chi connectivity index (χ3v) is 9.24. The first-order valence-corrected chi connectivity index (χ1v) is 16.9. The number of pyridine rings is 1. The molecule has 3 aromatic carbocycles. The number of rotatable bonds is 9. The molecule has 2 fully saturated rings. The molecule has 0 radical (unpaired) electrons. The van der Waals surface area contributed by atoms with E-state index in [0.717, 1.165) is 67.5 Å². The molecule has 9 nitrogen and oxygen atoms in total. The first-order chi connectivity index (χ1) is 22.9. The van der Waals surface area contributed by atoms with Crippen LogP contribution in [0.15, 0.2) is 76.9 Å². The van der Waals surface area contributed by atoms with Gasteiger partial charge < -0.3 is 30.3 Å². The summed E-state index contributed by atoms with van der Waals surface area (Å²) in [6.07, 6.45) is 6.65. The number of carbonyl (C=O) groups is 1. The van der Waals surface area contributed by atoms with Gasteiger partial charge in [0.15, 0.2) is 0 Å². The number of carbonyl (C=O) groups excluding carboxylic acids is 1. The van der Waals surface area contributed by atoms with Crippen LogP contribution in [-0.2, 0) is 11.4 Å². The number of nitrogens with zero attached hydrogens (tertiary/aromatic N) is 3. The molecule has 0 saturated carbocycles. The van der Waals surface area contributed by atoms with Crippen LogP contribution in [0.5, 0.6) is 11.5 Å². The van der Waals surface area contributed by atoms with Crippen LogP contribution in [0, 0.1) is 11.3 Å². The van der Waals surface area contributed by atoms with Gasteiger partial charge in [-0.1, -0.05) is 45.2 Å². The van der Waals surface area contributed by atoms with E-state index in [1.165, 1.54) is 6.20 Å². The smallest absolute Gasteiger partial charge is 0.248 e. The van der Waals surface area contributed by atoms with Gasteiger partial charge in [0, 0.05) is 40.9 Å². The van der Waals surface area contributed by atoms with Crippen LogP contribution in [0.4, 0.5) is 17.1 Å². The van der Waals surface area contributed by atoms with Gasteiger partial charge in [-0.05, 0) is 93.8 Å². The predicted molar refractivity (Wildman–Crippen MR) is 190 cm³/mol. The second kappa shape index (κ2) is 15.2. The van der Waals surface area contributed by atoms with Gasteiger partial charge in [-0.25, -0.2) is 0 Å². The number of benzene rings is 3. The number of hydrogen-bond acceptors (Lipinski definition) is 8. The highest BCUT2D eigenvalue weighted by atomic mass is 79.9. The van der Waals surface area contributed by atoms with Crippen molar-refractivity contribution in [1.29, 1.82) is 5.26 Å². The topological polar surface area (TPSA) is 112 Å². The molecular weight excluding hydrogens is 680 g/mol. The number of anilines is 3. The van der Waals surface area contributed by atoms with Crippen molar-refractivity contribution in [3.63, 3.8) is 0 Å². The van der Waals surface area contributed by atoms with Crippen molar-refractivity contribution in [2.45, 2.75) is 38.4 Å². The minimum absolute atomic E-state index is 0.0182. The van der Waals surface area contributed by atoms with Crippen molar-refractivity contribution in [3.05, 3.63) is 93.1 Å². The molecule has 1 amide bonds. The number of nitrogens with one attached hydrogen (secondary N) is 3. The number of nitriles is 1. The Morgan fingerprint density at radius 3 is 2.57 bits per heavy atom. The molecule has 2 aliphatic heterocycles. The Labute approximate surface area is 288 Å². The molecule has 1 aromatic heterocycles. The highest BCUT2D eigenvalue weighted by Crippen LogP contribution is 2.40. The fourth-order valence-corrected chi connectivity index (χ4v) is 6.29. The number of fused-ring (bicyclic) bond motifs is 1. The molecule has 0 spiro atoms. The molecule has 2 saturated heterocycles. The Bertz CT molecular complexity index is 1830. The van der Waals surface area contributed by atoms with Crippen LogP contribution >= 0.6 is 27.5 Å². The lowest BCUT2D eigenvalue weighted by Gasteiger charge is -2.30. The van der Waals surface area contributed by atoms with E-state index < -0.39 is 0 Å². The molecule has 0 atom stereocenters. The number of ether oxygens (including phenoxy) is 2. The minimum atomic E-state index is -0.228. The first-order valence-electron chi connectivity index (χ1n) is 15.7. The number of hydrogen-bond donors (Lipinski definition) is 3. The molecular formula is C36H36BrClN6O3. The Morgan fingerprint density at radius 2 is 1.85 bits per heavy atom. The van der Waals surface area contributed by atoms with Gasteiger partial charge >= 0.3 is 0 Å². The Balaban J connectivity index is 1.31. The van der Waals surface area contributed by atoms with E-state index in [0.29, 0.717) is 56.7 Å². The highest BCUT2D eigenvalue weighted by molar-refractivity contribution is 9.10. The molecule has 0 aliphatic carbocycles. The van der Waals surface area contributed by atoms with Gasteiger partial charge in [-0.3, -0.25) is 9.78 Å². The van der Waals surface area contributed by atoms with Gasteiger partial charge in [-0.15, -0.1) is 0 Å². The molecule has 47 heavy (non-hydrogen) atoms. The van der Waals surface area contributed by atoms with Gasteiger partial charge in [-0.2, -0.15) is 5.26 Å². The second-order valence-corrected chi connectivity index (χ2v) is 13.2. The number of likely N-dealkylation sites (tertiary alicyclic amines) is 1. The molecule has 3 N–H and O–H groups in total. The lowest BCUT2D eigenvalue weighted by atomic mass is 10.0. The predicted octanol–water partition coefficient (Wildman–Crippen LogP) is 7.57. The van der Waals surface area contributed by atoms with Crippen LogP contribution in [0.3, 0.4) is 0 Å². The maximum absolute atomic E-state index is 13.3. The van der Waals surface area contributed by atoms with E-state index >= 15 is 0 Å². The average Bonchev–Trinajstić information content (AvgIpc) is 3.07. The number of amides is 1. The summed E-state index contributed by atoms with van der Waals surface area (Å²) in [4.78, 5) is 20.3. The lowest BCUT2D eigenvalue weighted by molar-refractivity contribution is -0.112. The summed E-state index contributed by atoms with van der Waals surface area (Å²) in [5.74, 6) is 0.875. The van der Waals surface area contributed by atoms with Crippen molar-refractivity contribution in [2.24, 2.45) is 0 Å². The maximum Gasteiger partial charge on any atom is 0.248 e. The summed E-state index contributed by atoms with van der Waals surface area (Å²) in [6, 6.07) is 19.3. The largest absolute Gasteiger partial charge is 0.488 e. The quantitative estimate of drug-likeness (QED) is 0.152. The summed E-state index contributed by atoms with van der Waals surface area (Å²) in [7, 11) is 2.11. The van der Waals surface area contributed by atoms with Gasteiger partial charge in [0.05, 0.1) is 21.8 Å². The number of piperidine rings is 2. The van der Waals surface area contributed by atoms with Crippen molar-refractivity contribution in [3.8, 4) is 17.6 Å². The molecule has 6 rings (SSSR count). The summed E-state index contributed by atoms with van der Waals surface area (Å²) >= 11 is 10.1. The molecule has 11 heteroatoms. The summed E-state index contributed by atoms with van der Waals surface area (Å²) in [5.41, 5.74) is 4.69. The SMILES string of the molecule is CN1CCC(Oc2ccc3c(Nc4ccc(OCc5ccc(Br)cc5)c(Cl)c4)c(C#N)cnc3c2NC(=O)C=C2CCNCC2)CC1. The van der Waals surface area contributed by atoms with E-state index in [2.05, 4.69) is 54.9 Å². The van der Waals surface area contributed by atoms with Crippen molar-refractivity contribution in [2.75, 3.05) is 43.9 Å². The van der Waals surface area contributed by atoms with Crippen molar-refractivity contribution >= 4 is 61.4 Å². The van der Waals surface area contributed by atoms with E-state index in [1.54, 1.807) is 18.2 Å². The van der Waals surface area contributed by atoms with Crippen LogP contribution in [0.1, 0.15) is 36.8 Å². The first kappa shape index (κ1) is 32.8. The van der Waals surface area contributed by atoms with E-state index in [-0.39, 0.29) is 12.0 Å². The Hall–Kier alpha value is -4.14. The zero-order valence-electron chi connectivity index (χ0n) is 26.1. The van der Waals surface area contributed by atoms with E-state index in [9.17, 15) is 10.1 Å². The van der Waals surface area contributed by atoms with Crippen LogP contribution in [0.25, 0.3) is 10.9 Å². The average molecular weight is 716 g/mol. The van der Waals surface area contributed by atoms with Gasteiger partial charge in [0.2, 0.25) is 5.91 Å². The third kappa shape index (κ3) is 8.24. The number of halogens is 2. The molecule has 3 heterocycles. The fourth-order valence-electron chi connectivity index (χ4n) is 5.79. The third-order valence-electron chi connectivity index (χ3n) is 8.42. The normalized spacial score (nSPS) is 15.6.